The van der Waals surface area contributed by atoms with Crippen LogP contribution < -0.4 is 10.1 Å². The van der Waals surface area contributed by atoms with Gasteiger partial charge in [0.15, 0.2) is 5.60 Å². The lowest BCUT2D eigenvalue weighted by Gasteiger charge is -2.29. The lowest BCUT2D eigenvalue weighted by molar-refractivity contribution is -0.135. The van der Waals surface area contributed by atoms with Gasteiger partial charge in [-0.2, -0.15) is 0 Å². The zero-order valence-electron chi connectivity index (χ0n) is 14.0. The number of aliphatic hydroxyl groups is 1. The van der Waals surface area contributed by atoms with E-state index in [1.807, 2.05) is 30.3 Å². The molecule has 0 fully saturated rings. The Morgan fingerprint density at radius 3 is 2.25 bits per heavy atom. The number of rotatable bonds is 6. The molecule has 2 rings (SSSR count). The van der Waals surface area contributed by atoms with E-state index in [0.29, 0.717) is 10.8 Å². The van der Waals surface area contributed by atoms with Gasteiger partial charge in [0.2, 0.25) is 0 Å². The molecule has 0 spiro atoms. The molecular formula is C19H22ClNO3. The van der Waals surface area contributed by atoms with Crippen molar-refractivity contribution in [3.63, 3.8) is 0 Å². The number of ether oxygens (including phenoxy) is 1. The van der Waals surface area contributed by atoms with Crippen LogP contribution in [0.3, 0.4) is 0 Å². The van der Waals surface area contributed by atoms with Crippen molar-refractivity contribution in [2.24, 2.45) is 0 Å². The van der Waals surface area contributed by atoms with Gasteiger partial charge in [0.05, 0.1) is 6.54 Å². The largest absolute Gasteiger partial charge is 0.478 e. The summed E-state index contributed by atoms with van der Waals surface area (Å²) in [5.41, 5.74) is -1.50. The Hall–Kier alpha value is -2.04. The standard InChI is InChI=1S/C19H22ClNO3/c1-18(2,24-16-11-9-15(20)10-12-16)17(22)21-13-19(3,23)14-7-5-4-6-8-14/h4-12,23H,13H2,1-3H3,(H,21,22). The number of hydrogen-bond donors (Lipinski definition) is 2. The van der Waals surface area contributed by atoms with E-state index in [0.717, 1.165) is 5.56 Å². The third-order valence-corrected chi connectivity index (χ3v) is 3.97. The number of halogens is 1. The van der Waals surface area contributed by atoms with Crippen molar-refractivity contribution >= 4 is 17.5 Å². The fourth-order valence-corrected chi connectivity index (χ4v) is 2.33. The predicted molar refractivity (Wildman–Crippen MR) is 95.2 cm³/mol. The molecule has 2 aromatic rings. The summed E-state index contributed by atoms with van der Waals surface area (Å²) in [7, 11) is 0. The molecule has 128 valence electrons. The summed E-state index contributed by atoms with van der Waals surface area (Å²) in [5.74, 6) is 0.239. The van der Waals surface area contributed by atoms with Crippen molar-refractivity contribution in [2.45, 2.75) is 32.0 Å². The van der Waals surface area contributed by atoms with Crippen molar-refractivity contribution in [3.05, 3.63) is 65.2 Å². The molecular weight excluding hydrogens is 326 g/mol. The van der Waals surface area contributed by atoms with Gasteiger partial charge in [-0.25, -0.2) is 0 Å². The van der Waals surface area contributed by atoms with E-state index in [2.05, 4.69) is 5.32 Å². The van der Waals surface area contributed by atoms with Crippen LogP contribution in [0.1, 0.15) is 26.3 Å². The molecule has 4 nitrogen and oxygen atoms in total. The second kappa shape index (κ2) is 7.24. The first-order valence-corrected chi connectivity index (χ1v) is 8.09. The third-order valence-electron chi connectivity index (χ3n) is 3.72. The molecule has 0 saturated carbocycles. The molecule has 0 heterocycles. The van der Waals surface area contributed by atoms with E-state index in [4.69, 9.17) is 16.3 Å². The zero-order chi connectivity index (χ0) is 17.8. The van der Waals surface area contributed by atoms with Gasteiger partial charge in [0.25, 0.3) is 5.91 Å². The first-order chi connectivity index (χ1) is 11.2. The van der Waals surface area contributed by atoms with Crippen LogP contribution in [-0.2, 0) is 10.4 Å². The van der Waals surface area contributed by atoms with Gasteiger partial charge in [-0.1, -0.05) is 41.9 Å². The minimum absolute atomic E-state index is 0.0866. The molecule has 0 saturated heterocycles. The number of carbonyl (C=O) groups excluding carboxylic acids is 1. The van der Waals surface area contributed by atoms with Crippen LogP contribution in [0, 0.1) is 0 Å². The van der Waals surface area contributed by atoms with Crippen LogP contribution in [0.5, 0.6) is 5.75 Å². The Balaban J connectivity index is 1.99. The van der Waals surface area contributed by atoms with Gasteiger partial charge in [0, 0.05) is 5.02 Å². The number of carbonyl (C=O) groups is 1. The third kappa shape index (κ3) is 4.73. The normalized spacial score (nSPS) is 13.9. The highest BCUT2D eigenvalue weighted by molar-refractivity contribution is 6.30. The average Bonchev–Trinajstić information content (AvgIpc) is 2.55. The van der Waals surface area contributed by atoms with Gasteiger partial charge < -0.3 is 15.2 Å². The van der Waals surface area contributed by atoms with E-state index >= 15 is 0 Å². The highest BCUT2D eigenvalue weighted by Gasteiger charge is 2.32. The monoisotopic (exact) mass is 347 g/mol. The molecule has 2 aromatic carbocycles. The molecule has 5 heteroatoms. The summed E-state index contributed by atoms with van der Waals surface area (Å²) in [6.07, 6.45) is 0. The molecule has 1 atom stereocenters. The van der Waals surface area contributed by atoms with Crippen LogP contribution in [0.2, 0.25) is 5.02 Å². The fraction of sp³-hybridized carbons (Fsp3) is 0.316. The van der Waals surface area contributed by atoms with Crippen molar-refractivity contribution in [2.75, 3.05) is 6.54 Å². The minimum Gasteiger partial charge on any atom is -0.478 e. The summed E-state index contributed by atoms with van der Waals surface area (Å²) in [6.45, 7) is 5.10. The highest BCUT2D eigenvalue weighted by Crippen LogP contribution is 2.22. The van der Waals surface area contributed by atoms with Crippen LogP contribution in [0.25, 0.3) is 0 Å². The molecule has 0 aliphatic rings. The number of benzene rings is 2. The molecule has 0 aromatic heterocycles. The zero-order valence-corrected chi connectivity index (χ0v) is 14.8. The summed E-state index contributed by atoms with van der Waals surface area (Å²) >= 11 is 5.84. The Morgan fingerprint density at radius 1 is 1.08 bits per heavy atom. The summed E-state index contributed by atoms with van der Waals surface area (Å²) in [4.78, 5) is 12.4. The summed E-state index contributed by atoms with van der Waals surface area (Å²) in [6, 6.07) is 16.0. The molecule has 0 aliphatic carbocycles. The van der Waals surface area contributed by atoms with Gasteiger partial charge in [-0.3, -0.25) is 4.79 Å². The molecule has 0 bridgehead atoms. The van der Waals surface area contributed by atoms with E-state index in [1.165, 1.54) is 0 Å². The second-order valence-electron chi connectivity index (χ2n) is 6.39. The maximum absolute atomic E-state index is 12.4. The molecule has 24 heavy (non-hydrogen) atoms. The second-order valence-corrected chi connectivity index (χ2v) is 6.83. The van der Waals surface area contributed by atoms with Crippen molar-refractivity contribution in [3.8, 4) is 5.75 Å². The van der Waals surface area contributed by atoms with E-state index in [-0.39, 0.29) is 12.5 Å². The Morgan fingerprint density at radius 2 is 1.67 bits per heavy atom. The smallest absolute Gasteiger partial charge is 0.263 e. The first kappa shape index (κ1) is 18.3. The van der Waals surface area contributed by atoms with Gasteiger partial charge in [-0.05, 0) is 50.6 Å². The van der Waals surface area contributed by atoms with E-state index < -0.39 is 11.2 Å². The van der Waals surface area contributed by atoms with Crippen LogP contribution in [-0.4, -0.2) is 23.2 Å². The van der Waals surface area contributed by atoms with Gasteiger partial charge >= 0.3 is 0 Å². The fourth-order valence-electron chi connectivity index (χ4n) is 2.21. The maximum Gasteiger partial charge on any atom is 0.263 e. The quantitative estimate of drug-likeness (QED) is 0.840. The topological polar surface area (TPSA) is 58.6 Å². The van der Waals surface area contributed by atoms with Crippen LogP contribution in [0.4, 0.5) is 0 Å². The highest BCUT2D eigenvalue weighted by atomic mass is 35.5. The summed E-state index contributed by atoms with van der Waals surface area (Å²) < 4.78 is 5.74. The average molecular weight is 348 g/mol. The summed E-state index contributed by atoms with van der Waals surface area (Å²) in [5, 5.41) is 13.9. The van der Waals surface area contributed by atoms with Crippen molar-refractivity contribution < 1.29 is 14.6 Å². The maximum atomic E-state index is 12.4. The Labute approximate surface area is 147 Å². The lowest BCUT2D eigenvalue weighted by atomic mass is 9.95. The predicted octanol–water partition coefficient (Wildman–Crippen LogP) is 3.52. The lowest BCUT2D eigenvalue weighted by Crippen LogP contribution is -2.50. The van der Waals surface area contributed by atoms with Crippen LogP contribution >= 0.6 is 11.6 Å². The first-order valence-electron chi connectivity index (χ1n) is 7.71. The SMILES string of the molecule is CC(C)(Oc1ccc(Cl)cc1)C(=O)NCC(C)(O)c1ccccc1. The van der Waals surface area contributed by atoms with Gasteiger partial charge in [0.1, 0.15) is 11.4 Å². The molecule has 0 radical (unpaired) electrons. The van der Waals surface area contributed by atoms with E-state index in [9.17, 15) is 9.90 Å². The van der Waals surface area contributed by atoms with Crippen LogP contribution in [0.15, 0.2) is 54.6 Å². The van der Waals surface area contributed by atoms with E-state index in [1.54, 1.807) is 45.0 Å². The van der Waals surface area contributed by atoms with Crippen molar-refractivity contribution in [1.82, 2.24) is 5.32 Å². The minimum atomic E-state index is -1.16. The van der Waals surface area contributed by atoms with Gasteiger partial charge in [-0.15, -0.1) is 0 Å². The Bertz CT molecular complexity index is 682. The molecule has 0 aliphatic heterocycles. The molecule has 1 unspecified atom stereocenters. The molecule has 1 amide bonds. The molecule has 2 N–H and O–H groups in total. The Kier molecular flexibility index (Phi) is 5.52. The van der Waals surface area contributed by atoms with Crippen molar-refractivity contribution in [1.29, 1.82) is 0 Å². The number of amides is 1. The number of hydrogen-bond acceptors (Lipinski definition) is 3. The number of nitrogens with one attached hydrogen (secondary N) is 1.